The maximum Gasteiger partial charge on any atom is 0.0918 e. The van der Waals surface area contributed by atoms with Gasteiger partial charge < -0.3 is 15.4 Å². The molecule has 1 fully saturated rings. The number of amidine groups is 1. The summed E-state index contributed by atoms with van der Waals surface area (Å²) >= 11 is 0. The molecule has 16 heavy (non-hydrogen) atoms. The van der Waals surface area contributed by atoms with Crippen LogP contribution in [0.5, 0.6) is 0 Å². The van der Waals surface area contributed by atoms with Crippen molar-refractivity contribution in [3.05, 3.63) is 0 Å². The van der Waals surface area contributed by atoms with E-state index in [0.717, 1.165) is 39.3 Å². The minimum absolute atomic E-state index is 0.256. The zero-order valence-electron chi connectivity index (χ0n) is 10.4. The number of hydrogen-bond acceptors (Lipinski definition) is 4. The monoisotopic (exact) mass is 228 g/mol. The molecule has 0 aromatic rings. The molecule has 94 valence electrons. The summed E-state index contributed by atoms with van der Waals surface area (Å²) in [4.78, 5) is 4.60. The Balaban J connectivity index is 2.22. The molecule has 1 aliphatic heterocycles. The normalized spacial score (nSPS) is 22.6. The molecule has 0 amide bonds. The summed E-state index contributed by atoms with van der Waals surface area (Å²) in [7, 11) is 2.05. The Morgan fingerprint density at radius 2 is 2.38 bits per heavy atom. The molecule has 5 heteroatoms. The summed E-state index contributed by atoms with van der Waals surface area (Å²) < 4.78 is 5.72. The zero-order valence-corrected chi connectivity index (χ0v) is 10.4. The number of hydrogen-bond donors (Lipinski definition) is 2. The summed E-state index contributed by atoms with van der Waals surface area (Å²) in [5.41, 5.74) is 5.33. The van der Waals surface area contributed by atoms with Crippen molar-refractivity contribution < 1.29 is 4.74 Å². The molecule has 1 aliphatic rings. The Morgan fingerprint density at radius 1 is 1.62 bits per heavy atom. The van der Waals surface area contributed by atoms with Crippen LogP contribution in [-0.4, -0.2) is 68.1 Å². The largest absolute Gasteiger partial charge is 0.388 e. The second-order valence-corrected chi connectivity index (χ2v) is 4.42. The van der Waals surface area contributed by atoms with Crippen molar-refractivity contribution in [3.63, 3.8) is 0 Å². The molecule has 1 saturated heterocycles. The summed E-state index contributed by atoms with van der Waals surface area (Å²) in [5.74, 6) is 0.256. The molecule has 0 spiro atoms. The molecule has 0 saturated carbocycles. The number of nitrogens with two attached hydrogens (primary N) is 1. The van der Waals surface area contributed by atoms with E-state index >= 15 is 0 Å². The van der Waals surface area contributed by atoms with Gasteiger partial charge in [-0.1, -0.05) is 6.92 Å². The second-order valence-electron chi connectivity index (χ2n) is 4.42. The zero-order chi connectivity index (χ0) is 12.0. The van der Waals surface area contributed by atoms with Crippen molar-refractivity contribution in [3.8, 4) is 0 Å². The van der Waals surface area contributed by atoms with E-state index < -0.39 is 0 Å². The van der Waals surface area contributed by atoms with Crippen LogP contribution in [0.1, 0.15) is 13.3 Å². The molecule has 1 heterocycles. The van der Waals surface area contributed by atoms with Gasteiger partial charge in [0.1, 0.15) is 0 Å². The third-order valence-electron chi connectivity index (χ3n) is 2.95. The highest BCUT2D eigenvalue weighted by Crippen LogP contribution is 2.06. The van der Waals surface area contributed by atoms with E-state index in [4.69, 9.17) is 15.9 Å². The van der Waals surface area contributed by atoms with Gasteiger partial charge in [-0.3, -0.25) is 10.3 Å². The maximum atomic E-state index is 7.18. The van der Waals surface area contributed by atoms with Crippen molar-refractivity contribution in [2.45, 2.75) is 19.4 Å². The van der Waals surface area contributed by atoms with E-state index in [2.05, 4.69) is 23.8 Å². The Labute approximate surface area is 98.0 Å². The van der Waals surface area contributed by atoms with Crippen LogP contribution in [0.4, 0.5) is 0 Å². The van der Waals surface area contributed by atoms with Gasteiger partial charge in [0, 0.05) is 32.6 Å². The van der Waals surface area contributed by atoms with Crippen molar-refractivity contribution >= 4 is 5.84 Å². The highest BCUT2D eigenvalue weighted by atomic mass is 16.5. The minimum Gasteiger partial charge on any atom is -0.388 e. The number of likely N-dealkylation sites (N-methyl/N-ethyl adjacent to an activating group) is 2. The highest BCUT2D eigenvalue weighted by Gasteiger charge is 2.20. The van der Waals surface area contributed by atoms with Gasteiger partial charge in [0.15, 0.2) is 0 Å². The molecule has 1 atom stereocenters. The van der Waals surface area contributed by atoms with E-state index in [-0.39, 0.29) is 5.84 Å². The number of ether oxygens (including phenoxy) is 1. The lowest BCUT2D eigenvalue weighted by molar-refractivity contribution is -0.0386. The summed E-state index contributed by atoms with van der Waals surface area (Å²) in [6.07, 6.45) is 0.937. The van der Waals surface area contributed by atoms with Gasteiger partial charge in [-0.15, -0.1) is 0 Å². The van der Waals surface area contributed by atoms with E-state index in [1.54, 1.807) is 0 Å². The van der Waals surface area contributed by atoms with E-state index in [1.807, 2.05) is 0 Å². The molecule has 0 aliphatic carbocycles. The Hall–Kier alpha value is -0.650. The molecular formula is C11H24N4O. The van der Waals surface area contributed by atoms with Crippen LogP contribution in [-0.2, 0) is 4.74 Å². The van der Waals surface area contributed by atoms with Gasteiger partial charge in [-0.25, -0.2) is 0 Å². The number of nitrogens with one attached hydrogen (secondary N) is 1. The Kier molecular flexibility index (Phi) is 5.73. The minimum atomic E-state index is 0.256. The lowest BCUT2D eigenvalue weighted by Crippen LogP contribution is -2.47. The van der Waals surface area contributed by atoms with Crippen molar-refractivity contribution in [1.82, 2.24) is 9.80 Å². The fraction of sp³-hybridized carbons (Fsp3) is 0.909. The summed E-state index contributed by atoms with van der Waals surface area (Å²) in [6.45, 7) is 7.92. The molecule has 5 nitrogen and oxygen atoms in total. The van der Waals surface area contributed by atoms with Crippen LogP contribution in [0.2, 0.25) is 0 Å². The average molecular weight is 228 g/mol. The summed E-state index contributed by atoms with van der Waals surface area (Å²) in [6, 6.07) is 0. The van der Waals surface area contributed by atoms with Crippen molar-refractivity contribution in [1.29, 1.82) is 5.41 Å². The highest BCUT2D eigenvalue weighted by molar-refractivity contribution is 5.76. The first-order chi connectivity index (χ1) is 7.61. The molecule has 1 unspecified atom stereocenters. The fourth-order valence-corrected chi connectivity index (χ4v) is 1.93. The van der Waals surface area contributed by atoms with Crippen LogP contribution in [0.3, 0.4) is 0 Å². The fourth-order valence-electron chi connectivity index (χ4n) is 1.93. The first-order valence-corrected chi connectivity index (χ1v) is 5.97. The first kappa shape index (κ1) is 13.4. The predicted molar refractivity (Wildman–Crippen MR) is 65.9 cm³/mol. The Morgan fingerprint density at radius 3 is 3.00 bits per heavy atom. The van der Waals surface area contributed by atoms with Gasteiger partial charge in [0.2, 0.25) is 0 Å². The average Bonchev–Trinajstić information content (AvgIpc) is 2.26. The van der Waals surface area contributed by atoms with Crippen LogP contribution in [0.15, 0.2) is 0 Å². The smallest absolute Gasteiger partial charge is 0.0918 e. The topological polar surface area (TPSA) is 65.6 Å². The number of nitrogens with zero attached hydrogens (tertiary/aromatic N) is 2. The molecule has 0 aromatic heterocycles. The SMILES string of the molecule is CCN1CCOC(CN(C)CCC(=N)N)C1. The first-order valence-electron chi connectivity index (χ1n) is 5.97. The van der Waals surface area contributed by atoms with Gasteiger partial charge in [-0.05, 0) is 13.6 Å². The lowest BCUT2D eigenvalue weighted by Gasteiger charge is -2.34. The maximum absolute atomic E-state index is 7.18. The molecule has 1 rings (SSSR count). The van der Waals surface area contributed by atoms with Crippen molar-refractivity contribution in [2.24, 2.45) is 5.73 Å². The van der Waals surface area contributed by atoms with Crippen molar-refractivity contribution in [2.75, 3.05) is 46.4 Å². The quantitative estimate of drug-likeness (QED) is 0.495. The second kappa shape index (κ2) is 6.83. The van der Waals surface area contributed by atoms with Gasteiger partial charge in [0.05, 0.1) is 18.5 Å². The van der Waals surface area contributed by atoms with Crippen LogP contribution >= 0.6 is 0 Å². The number of rotatable bonds is 6. The molecule has 0 bridgehead atoms. The van der Waals surface area contributed by atoms with Crippen LogP contribution in [0.25, 0.3) is 0 Å². The number of morpholine rings is 1. The standard InChI is InChI=1S/C11H24N4O/c1-3-15-6-7-16-10(9-15)8-14(2)5-4-11(12)13/h10H,3-9H2,1-2H3,(H3,12,13). The molecular weight excluding hydrogens is 204 g/mol. The van der Waals surface area contributed by atoms with Crippen LogP contribution in [0, 0.1) is 5.41 Å². The van der Waals surface area contributed by atoms with Gasteiger partial charge in [-0.2, -0.15) is 0 Å². The van der Waals surface area contributed by atoms with Gasteiger partial charge in [0.25, 0.3) is 0 Å². The molecule has 3 N–H and O–H groups in total. The van der Waals surface area contributed by atoms with E-state index in [9.17, 15) is 0 Å². The summed E-state index contributed by atoms with van der Waals surface area (Å²) in [5, 5.41) is 7.18. The van der Waals surface area contributed by atoms with E-state index in [1.165, 1.54) is 0 Å². The van der Waals surface area contributed by atoms with Gasteiger partial charge >= 0.3 is 0 Å². The Bertz CT molecular complexity index is 222. The lowest BCUT2D eigenvalue weighted by atomic mass is 10.2. The third-order valence-corrected chi connectivity index (χ3v) is 2.95. The third kappa shape index (κ3) is 4.92. The molecule has 0 radical (unpaired) electrons. The van der Waals surface area contributed by atoms with Crippen LogP contribution < -0.4 is 5.73 Å². The van der Waals surface area contributed by atoms with E-state index in [0.29, 0.717) is 12.5 Å². The molecule has 0 aromatic carbocycles. The predicted octanol–water partition coefficient (Wildman–Crippen LogP) is -0.0350.